The molecule has 2 aromatic rings. The summed E-state index contributed by atoms with van der Waals surface area (Å²) < 4.78 is 40.4. The van der Waals surface area contributed by atoms with Crippen LogP contribution in [0, 0.1) is 19.7 Å². The molecular formula is C19H21FN2O3S. The van der Waals surface area contributed by atoms with E-state index < -0.39 is 15.8 Å². The predicted octanol–water partition coefficient (Wildman–Crippen LogP) is 2.59. The molecule has 0 aliphatic carbocycles. The lowest BCUT2D eigenvalue weighted by atomic mass is 10.1. The number of hydrogen-bond donors (Lipinski definition) is 0. The van der Waals surface area contributed by atoms with Crippen molar-refractivity contribution < 1.29 is 17.6 Å². The van der Waals surface area contributed by atoms with Crippen molar-refractivity contribution in [3.05, 3.63) is 65.0 Å². The summed E-state index contributed by atoms with van der Waals surface area (Å²) in [4.78, 5) is 14.0. The van der Waals surface area contributed by atoms with Gasteiger partial charge in [-0.15, -0.1) is 0 Å². The van der Waals surface area contributed by atoms with E-state index in [0.717, 1.165) is 17.2 Å². The first-order valence-electron chi connectivity index (χ1n) is 8.41. The van der Waals surface area contributed by atoms with Gasteiger partial charge < -0.3 is 4.90 Å². The summed E-state index contributed by atoms with van der Waals surface area (Å²) in [6.07, 6.45) is 0. The number of aryl methyl sites for hydroxylation is 2. The molecule has 1 heterocycles. The number of carbonyl (C=O) groups excluding carboxylic acids is 1. The molecule has 5 nitrogen and oxygen atoms in total. The largest absolute Gasteiger partial charge is 0.336 e. The van der Waals surface area contributed by atoms with Crippen LogP contribution < -0.4 is 0 Å². The second-order valence-electron chi connectivity index (χ2n) is 6.50. The normalized spacial score (nSPS) is 15.9. The molecule has 1 amide bonds. The third kappa shape index (κ3) is 3.64. The highest BCUT2D eigenvalue weighted by molar-refractivity contribution is 7.89. The monoisotopic (exact) mass is 376 g/mol. The molecule has 26 heavy (non-hydrogen) atoms. The number of nitrogens with zero attached hydrogens (tertiary/aromatic N) is 2. The topological polar surface area (TPSA) is 57.7 Å². The average Bonchev–Trinajstić information content (AvgIpc) is 2.60. The summed E-state index contributed by atoms with van der Waals surface area (Å²) in [6, 6.07) is 11.0. The Hall–Kier alpha value is -2.25. The van der Waals surface area contributed by atoms with Crippen LogP contribution in [0.5, 0.6) is 0 Å². The third-order valence-corrected chi connectivity index (χ3v) is 6.38. The van der Waals surface area contributed by atoms with E-state index in [2.05, 4.69) is 0 Å². The highest BCUT2D eigenvalue weighted by atomic mass is 32.2. The molecule has 0 spiro atoms. The van der Waals surface area contributed by atoms with Gasteiger partial charge in [0.25, 0.3) is 5.91 Å². The summed E-state index contributed by atoms with van der Waals surface area (Å²) in [5, 5.41) is 0. The Morgan fingerprint density at radius 3 is 2.12 bits per heavy atom. The van der Waals surface area contributed by atoms with Crippen molar-refractivity contribution in [3.8, 4) is 0 Å². The van der Waals surface area contributed by atoms with Crippen LogP contribution in [0.4, 0.5) is 4.39 Å². The van der Waals surface area contributed by atoms with E-state index in [1.165, 1.54) is 22.5 Å². The van der Waals surface area contributed by atoms with Crippen molar-refractivity contribution in [2.45, 2.75) is 18.7 Å². The van der Waals surface area contributed by atoms with E-state index in [0.29, 0.717) is 5.56 Å². The van der Waals surface area contributed by atoms with Gasteiger partial charge in [-0.25, -0.2) is 12.8 Å². The van der Waals surface area contributed by atoms with Crippen molar-refractivity contribution in [3.63, 3.8) is 0 Å². The molecule has 138 valence electrons. The van der Waals surface area contributed by atoms with Gasteiger partial charge in [0.15, 0.2) is 0 Å². The van der Waals surface area contributed by atoms with E-state index in [1.54, 1.807) is 4.90 Å². The number of carbonyl (C=O) groups is 1. The van der Waals surface area contributed by atoms with Crippen LogP contribution >= 0.6 is 0 Å². The maximum absolute atomic E-state index is 13.9. The van der Waals surface area contributed by atoms with Gasteiger partial charge in [0.05, 0.1) is 0 Å². The Labute approximate surface area is 153 Å². The van der Waals surface area contributed by atoms with Gasteiger partial charge >= 0.3 is 0 Å². The maximum atomic E-state index is 13.9. The molecule has 1 saturated heterocycles. The van der Waals surface area contributed by atoms with Crippen LogP contribution in [0.25, 0.3) is 0 Å². The van der Waals surface area contributed by atoms with Crippen LogP contribution in [0.15, 0.2) is 47.4 Å². The predicted molar refractivity (Wildman–Crippen MR) is 97.0 cm³/mol. The fourth-order valence-electron chi connectivity index (χ4n) is 3.21. The number of sulfonamides is 1. The molecule has 0 bridgehead atoms. The Kier molecular flexibility index (Phi) is 5.11. The number of amides is 1. The van der Waals surface area contributed by atoms with Crippen molar-refractivity contribution in [1.29, 1.82) is 0 Å². The Bertz CT molecular complexity index is 915. The summed E-state index contributed by atoms with van der Waals surface area (Å²) in [7, 11) is -3.90. The fraction of sp³-hybridized carbons (Fsp3) is 0.316. The summed E-state index contributed by atoms with van der Waals surface area (Å²) in [5.74, 6) is -0.874. The van der Waals surface area contributed by atoms with Gasteiger partial charge in [0, 0.05) is 31.7 Å². The lowest BCUT2D eigenvalue weighted by molar-refractivity contribution is 0.0697. The highest BCUT2D eigenvalue weighted by Gasteiger charge is 2.32. The molecule has 3 rings (SSSR count). The molecule has 1 aliphatic rings. The minimum absolute atomic E-state index is 0.111. The molecule has 1 aliphatic heterocycles. The van der Waals surface area contributed by atoms with Crippen LogP contribution in [0.1, 0.15) is 21.5 Å². The first kappa shape index (κ1) is 18.5. The number of halogens is 1. The second kappa shape index (κ2) is 7.17. The van der Waals surface area contributed by atoms with Gasteiger partial charge in [0.1, 0.15) is 10.7 Å². The standard InChI is InChI=1S/C19H21FN2O3S/c1-14-11-15(2)13-16(12-14)19(23)21-7-9-22(10-8-21)26(24,25)18-6-4-3-5-17(18)20/h3-6,11-13H,7-10H2,1-2H3. The Morgan fingerprint density at radius 1 is 0.962 bits per heavy atom. The molecule has 7 heteroatoms. The Morgan fingerprint density at radius 2 is 1.54 bits per heavy atom. The first-order valence-corrected chi connectivity index (χ1v) is 9.85. The summed E-state index contributed by atoms with van der Waals surface area (Å²) >= 11 is 0. The molecule has 0 aromatic heterocycles. The average molecular weight is 376 g/mol. The van der Waals surface area contributed by atoms with Gasteiger partial charge in [-0.1, -0.05) is 29.3 Å². The highest BCUT2D eigenvalue weighted by Crippen LogP contribution is 2.21. The second-order valence-corrected chi connectivity index (χ2v) is 8.41. The zero-order valence-corrected chi connectivity index (χ0v) is 15.6. The molecule has 0 saturated carbocycles. The van der Waals surface area contributed by atoms with E-state index in [9.17, 15) is 17.6 Å². The van der Waals surface area contributed by atoms with Crippen molar-refractivity contribution >= 4 is 15.9 Å². The van der Waals surface area contributed by atoms with E-state index in [-0.39, 0.29) is 37.0 Å². The minimum atomic E-state index is -3.90. The van der Waals surface area contributed by atoms with E-state index in [1.807, 2.05) is 32.0 Å². The molecule has 0 unspecified atom stereocenters. The van der Waals surface area contributed by atoms with Gasteiger partial charge in [-0.05, 0) is 38.1 Å². The van der Waals surface area contributed by atoms with Gasteiger partial charge in [-0.3, -0.25) is 4.79 Å². The zero-order chi connectivity index (χ0) is 18.9. The minimum Gasteiger partial charge on any atom is -0.336 e. The molecule has 2 aromatic carbocycles. The zero-order valence-electron chi connectivity index (χ0n) is 14.8. The molecule has 1 fully saturated rings. The van der Waals surface area contributed by atoms with Gasteiger partial charge in [0.2, 0.25) is 10.0 Å². The molecule has 0 atom stereocenters. The fourth-order valence-corrected chi connectivity index (χ4v) is 4.69. The number of piperazine rings is 1. The lowest BCUT2D eigenvalue weighted by Crippen LogP contribution is -2.50. The first-order chi connectivity index (χ1) is 12.3. The lowest BCUT2D eigenvalue weighted by Gasteiger charge is -2.34. The van der Waals surface area contributed by atoms with Crippen molar-refractivity contribution in [2.75, 3.05) is 26.2 Å². The molecule has 0 radical (unpaired) electrons. The van der Waals surface area contributed by atoms with Gasteiger partial charge in [-0.2, -0.15) is 4.31 Å². The summed E-state index contributed by atoms with van der Waals surface area (Å²) in [5.41, 5.74) is 2.62. The SMILES string of the molecule is Cc1cc(C)cc(C(=O)N2CCN(S(=O)(=O)c3ccccc3F)CC2)c1. The smallest absolute Gasteiger partial charge is 0.253 e. The van der Waals surface area contributed by atoms with Crippen LogP contribution in [-0.4, -0.2) is 49.7 Å². The summed E-state index contributed by atoms with van der Waals surface area (Å²) in [6.45, 7) is 4.71. The van der Waals surface area contributed by atoms with Crippen LogP contribution in [-0.2, 0) is 10.0 Å². The molecular weight excluding hydrogens is 355 g/mol. The number of rotatable bonds is 3. The van der Waals surface area contributed by atoms with Crippen molar-refractivity contribution in [1.82, 2.24) is 9.21 Å². The van der Waals surface area contributed by atoms with E-state index >= 15 is 0 Å². The number of benzene rings is 2. The number of hydrogen-bond acceptors (Lipinski definition) is 3. The third-order valence-electron chi connectivity index (χ3n) is 4.45. The maximum Gasteiger partial charge on any atom is 0.253 e. The van der Waals surface area contributed by atoms with E-state index in [4.69, 9.17) is 0 Å². The van der Waals surface area contributed by atoms with Crippen LogP contribution in [0.2, 0.25) is 0 Å². The Balaban J connectivity index is 1.73. The molecule has 0 N–H and O–H groups in total. The van der Waals surface area contributed by atoms with Crippen LogP contribution in [0.3, 0.4) is 0 Å². The quantitative estimate of drug-likeness (QED) is 0.827. The van der Waals surface area contributed by atoms with Crippen molar-refractivity contribution in [2.24, 2.45) is 0 Å².